The maximum absolute atomic E-state index is 11.8. The summed E-state index contributed by atoms with van der Waals surface area (Å²) in [6.45, 7) is 1.00. The van der Waals surface area contributed by atoms with Gasteiger partial charge in [0.1, 0.15) is 24.4 Å². The van der Waals surface area contributed by atoms with Crippen molar-refractivity contribution in [1.82, 2.24) is 0 Å². The van der Waals surface area contributed by atoms with E-state index in [9.17, 15) is 30.3 Å². The SMILES string of the molecule is Cc1ccc(NC(=O)[C@H](O)[C@@H](O)[C@H](O)[C@H](O)[C@H](O)CO)cc1. The Morgan fingerprint density at radius 1 is 1.00 bits per heavy atom. The summed E-state index contributed by atoms with van der Waals surface area (Å²) in [5.41, 5.74) is 1.35. The first-order valence-electron chi connectivity index (χ1n) is 6.66. The van der Waals surface area contributed by atoms with Gasteiger partial charge in [0.05, 0.1) is 6.61 Å². The van der Waals surface area contributed by atoms with E-state index in [0.717, 1.165) is 5.56 Å². The van der Waals surface area contributed by atoms with Crippen LogP contribution >= 0.6 is 0 Å². The first-order chi connectivity index (χ1) is 10.3. The predicted molar refractivity (Wildman–Crippen MR) is 76.9 cm³/mol. The van der Waals surface area contributed by atoms with Crippen molar-refractivity contribution in [1.29, 1.82) is 0 Å². The van der Waals surface area contributed by atoms with E-state index in [1.807, 2.05) is 6.92 Å². The zero-order chi connectivity index (χ0) is 16.9. The third-order valence-corrected chi connectivity index (χ3v) is 3.19. The van der Waals surface area contributed by atoms with E-state index in [0.29, 0.717) is 5.69 Å². The van der Waals surface area contributed by atoms with Gasteiger partial charge in [-0.2, -0.15) is 0 Å². The monoisotopic (exact) mass is 315 g/mol. The van der Waals surface area contributed by atoms with Crippen LogP contribution in [0, 0.1) is 6.92 Å². The van der Waals surface area contributed by atoms with Crippen LogP contribution in [-0.4, -0.2) is 73.7 Å². The molecule has 0 saturated heterocycles. The average Bonchev–Trinajstić information content (AvgIpc) is 2.53. The van der Waals surface area contributed by atoms with Crippen molar-refractivity contribution in [2.75, 3.05) is 11.9 Å². The molecule has 0 bridgehead atoms. The molecule has 8 nitrogen and oxygen atoms in total. The Kier molecular flexibility index (Phi) is 6.88. The number of aliphatic hydroxyl groups excluding tert-OH is 6. The maximum Gasteiger partial charge on any atom is 0.256 e. The highest BCUT2D eigenvalue weighted by atomic mass is 16.4. The molecule has 7 N–H and O–H groups in total. The van der Waals surface area contributed by atoms with E-state index < -0.39 is 43.0 Å². The average molecular weight is 315 g/mol. The minimum atomic E-state index is -2.04. The fourth-order valence-electron chi connectivity index (χ4n) is 1.73. The second kappa shape index (κ2) is 8.18. The highest BCUT2D eigenvalue weighted by Crippen LogP contribution is 2.12. The van der Waals surface area contributed by atoms with Crippen LogP contribution in [0.4, 0.5) is 5.69 Å². The molecule has 0 fully saturated rings. The molecule has 0 radical (unpaired) electrons. The second-order valence-corrected chi connectivity index (χ2v) is 5.02. The van der Waals surface area contributed by atoms with E-state index in [1.54, 1.807) is 24.3 Å². The number of aryl methyl sites for hydroxylation is 1. The molecule has 0 aliphatic carbocycles. The normalized spacial score (nSPS) is 18.1. The Hall–Kier alpha value is -1.55. The van der Waals surface area contributed by atoms with Gasteiger partial charge in [-0.15, -0.1) is 0 Å². The highest BCUT2D eigenvalue weighted by molar-refractivity contribution is 5.94. The number of benzene rings is 1. The minimum Gasteiger partial charge on any atom is -0.394 e. The number of carbonyl (C=O) groups is 1. The molecule has 0 spiro atoms. The van der Waals surface area contributed by atoms with Crippen molar-refractivity contribution < 1.29 is 35.4 Å². The van der Waals surface area contributed by atoms with Crippen molar-refractivity contribution in [3.8, 4) is 0 Å². The van der Waals surface area contributed by atoms with Gasteiger partial charge in [-0.25, -0.2) is 0 Å². The lowest BCUT2D eigenvalue weighted by Crippen LogP contribution is -2.52. The molecule has 0 unspecified atom stereocenters. The smallest absolute Gasteiger partial charge is 0.256 e. The van der Waals surface area contributed by atoms with Gasteiger partial charge in [0, 0.05) is 5.69 Å². The molecule has 0 heterocycles. The first-order valence-corrected chi connectivity index (χ1v) is 6.66. The fourth-order valence-corrected chi connectivity index (χ4v) is 1.73. The Morgan fingerprint density at radius 3 is 2.05 bits per heavy atom. The van der Waals surface area contributed by atoms with Crippen molar-refractivity contribution >= 4 is 11.6 Å². The Balaban J connectivity index is 2.66. The van der Waals surface area contributed by atoms with Gasteiger partial charge in [-0.05, 0) is 19.1 Å². The quantitative estimate of drug-likeness (QED) is 0.300. The highest BCUT2D eigenvalue weighted by Gasteiger charge is 2.37. The van der Waals surface area contributed by atoms with Gasteiger partial charge in [-0.3, -0.25) is 4.79 Å². The topological polar surface area (TPSA) is 150 Å². The molecule has 8 heteroatoms. The Morgan fingerprint density at radius 2 is 1.55 bits per heavy atom. The van der Waals surface area contributed by atoms with Crippen LogP contribution < -0.4 is 5.32 Å². The molecule has 22 heavy (non-hydrogen) atoms. The molecule has 0 aliphatic heterocycles. The number of hydrogen-bond acceptors (Lipinski definition) is 7. The Bertz CT molecular complexity index is 479. The molecule has 5 atom stereocenters. The van der Waals surface area contributed by atoms with Crippen LogP contribution in [0.2, 0.25) is 0 Å². The van der Waals surface area contributed by atoms with Gasteiger partial charge in [0.25, 0.3) is 5.91 Å². The van der Waals surface area contributed by atoms with Gasteiger partial charge in [0.2, 0.25) is 0 Å². The third kappa shape index (κ3) is 4.73. The zero-order valence-electron chi connectivity index (χ0n) is 12.0. The molecule has 0 aromatic heterocycles. The third-order valence-electron chi connectivity index (χ3n) is 3.19. The van der Waals surface area contributed by atoms with E-state index in [2.05, 4.69) is 5.32 Å². The van der Waals surface area contributed by atoms with Crippen molar-refractivity contribution in [2.24, 2.45) is 0 Å². The zero-order valence-corrected chi connectivity index (χ0v) is 12.0. The predicted octanol–water partition coefficient (Wildman–Crippen LogP) is -2.27. The van der Waals surface area contributed by atoms with E-state index in [4.69, 9.17) is 5.11 Å². The summed E-state index contributed by atoms with van der Waals surface area (Å²) >= 11 is 0. The van der Waals surface area contributed by atoms with Crippen molar-refractivity contribution in [3.63, 3.8) is 0 Å². The number of nitrogens with one attached hydrogen (secondary N) is 1. The summed E-state index contributed by atoms with van der Waals surface area (Å²) in [5, 5.41) is 58.6. The number of anilines is 1. The fraction of sp³-hybridized carbons (Fsp3) is 0.500. The molecule has 1 aromatic carbocycles. The largest absolute Gasteiger partial charge is 0.394 e. The standard InChI is InChI=1S/C14H21NO7/c1-7-2-4-8(5-3-7)15-14(22)13(21)12(20)11(19)10(18)9(17)6-16/h2-5,9-13,16-21H,6H2,1H3,(H,15,22)/t9-,10-,11-,12+,13-/m1/s1. The number of rotatable bonds is 7. The van der Waals surface area contributed by atoms with Crippen LogP contribution in [0.15, 0.2) is 24.3 Å². The van der Waals surface area contributed by atoms with Crippen molar-refractivity contribution in [3.05, 3.63) is 29.8 Å². The number of hydrogen-bond donors (Lipinski definition) is 7. The molecule has 124 valence electrons. The summed E-state index contributed by atoms with van der Waals surface area (Å²) in [6, 6.07) is 6.64. The molecular formula is C14H21NO7. The lowest BCUT2D eigenvalue weighted by Gasteiger charge is -2.27. The molecule has 1 amide bonds. The van der Waals surface area contributed by atoms with Crippen LogP contribution in [-0.2, 0) is 4.79 Å². The van der Waals surface area contributed by atoms with Gasteiger partial charge in [0.15, 0.2) is 6.10 Å². The second-order valence-electron chi connectivity index (χ2n) is 5.02. The number of carbonyl (C=O) groups excluding carboxylic acids is 1. The van der Waals surface area contributed by atoms with E-state index >= 15 is 0 Å². The van der Waals surface area contributed by atoms with Gasteiger partial charge < -0.3 is 36.0 Å². The summed E-state index contributed by atoms with van der Waals surface area (Å²) in [4.78, 5) is 11.8. The summed E-state index contributed by atoms with van der Waals surface area (Å²) in [5.74, 6) is -0.985. The van der Waals surface area contributed by atoms with Crippen LogP contribution in [0.25, 0.3) is 0 Å². The lowest BCUT2D eigenvalue weighted by atomic mass is 9.99. The summed E-state index contributed by atoms with van der Waals surface area (Å²) in [7, 11) is 0. The van der Waals surface area contributed by atoms with Crippen LogP contribution in [0.3, 0.4) is 0 Å². The summed E-state index contributed by atoms with van der Waals surface area (Å²) < 4.78 is 0. The minimum absolute atomic E-state index is 0.382. The van der Waals surface area contributed by atoms with Gasteiger partial charge in [-0.1, -0.05) is 17.7 Å². The molecule has 1 rings (SSSR count). The molecule has 0 aliphatic rings. The number of amides is 1. The maximum atomic E-state index is 11.8. The van der Waals surface area contributed by atoms with E-state index in [1.165, 1.54) is 0 Å². The lowest BCUT2D eigenvalue weighted by molar-refractivity contribution is -0.153. The van der Waals surface area contributed by atoms with Gasteiger partial charge >= 0.3 is 0 Å². The molecule has 1 aromatic rings. The first kappa shape index (κ1) is 18.5. The van der Waals surface area contributed by atoms with Crippen LogP contribution in [0.1, 0.15) is 5.56 Å². The van der Waals surface area contributed by atoms with Crippen molar-refractivity contribution in [2.45, 2.75) is 37.4 Å². The van der Waals surface area contributed by atoms with E-state index in [-0.39, 0.29) is 0 Å². The molecular weight excluding hydrogens is 294 g/mol. The Labute approximate surface area is 127 Å². The number of aliphatic hydroxyl groups is 6. The summed E-state index contributed by atoms with van der Waals surface area (Å²) in [6.07, 6.45) is -9.71. The van der Waals surface area contributed by atoms with Crippen LogP contribution in [0.5, 0.6) is 0 Å². The molecule has 0 saturated carbocycles.